The quantitative estimate of drug-likeness (QED) is 0.775. The summed E-state index contributed by atoms with van der Waals surface area (Å²) in [4.78, 5) is 14.3. The second-order valence-corrected chi connectivity index (χ2v) is 5.78. The predicted octanol–water partition coefficient (Wildman–Crippen LogP) is 1.91. The fourth-order valence-electron chi connectivity index (χ4n) is 2.85. The van der Waals surface area contributed by atoms with E-state index in [0.29, 0.717) is 0 Å². The Morgan fingerprint density at radius 1 is 1.32 bits per heavy atom. The summed E-state index contributed by atoms with van der Waals surface area (Å²) < 4.78 is 0. The molecule has 1 rings (SSSR count). The van der Waals surface area contributed by atoms with Crippen molar-refractivity contribution in [1.82, 2.24) is 10.2 Å². The zero-order valence-electron chi connectivity index (χ0n) is 12.9. The minimum absolute atomic E-state index is 0.0778. The van der Waals surface area contributed by atoms with Gasteiger partial charge in [-0.05, 0) is 39.7 Å². The molecule has 0 bridgehead atoms. The van der Waals surface area contributed by atoms with E-state index in [1.807, 2.05) is 18.9 Å². The van der Waals surface area contributed by atoms with E-state index in [9.17, 15) is 9.90 Å². The van der Waals surface area contributed by atoms with Gasteiger partial charge in [-0.25, -0.2) is 0 Å². The van der Waals surface area contributed by atoms with Crippen molar-refractivity contribution in [2.45, 2.75) is 83.5 Å². The Bertz CT molecular complexity index is 279. The third kappa shape index (κ3) is 4.46. The fourth-order valence-corrected chi connectivity index (χ4v) is 2.85. The number of carbonyl (C=O) groups excluding carboxylic acids is 1. The predicted molar refractivity (Wildman–Crippen MR) is 78.0 cm³/mol. The Hall–Kier alpha value is -0.610. The van der Waals surface area contributed by atoms with Crippen molar-refractivity contribution in [1.29, 1.82) is 0 Å². The highest BCUT2D eigenvalue weighted by molar-refractivity contribution is 5.81. The summed E-state index contributed by atoms with van der Waals surface area (Å²) in [6.45, 7) is 6.11. The lowest BCUT2D eigenvalue weighted by atomic mass is 9.91. The van der Waals surface area contributed by atoms with Gasteiger partial charge in [-0.3, -0.25) is 9.69 Å². The number of aliphatic hydroxyl groups excluding tert-OH is 1. The Labute approximate surface area is 117 Å². The first-order chi connectivity index (χ1) is 9.01. The molecule has 0 aromatic carbocycles. The van der Waals surface area contributed by atoms with E-state index in [-0.39, 0.29) is 30.1 Å². The number of rotatable bonds is 6. The minimum Gasteiger partial charge on any atom is -0.391 e. The topological polar surface area (TPSA) is 52.6 Å². The standard InChI is InChI=1S/C15H30N2O2/c1-5-12(6-2)16-15(19)11(3)17(4)13-9-7-8-10-14(13)18/h11-14,18H,5-10H2,1-4H3,(H,16,19). The zero-order valence-corrected chi connectivity index (χ0v) is 12.9. The van der Waals surface area contributed by atoms with E-state index in [1.54, 1.807) is 0 Å². The van der Waals surface area contributed by atoms with E-state index in [2.05, 4.69) is 19.2 Å². The summed E-state index contributed by atoms with van der Waals surface area (Å²) in [6, 6.07) is 0.203. The molecular formula is C15H30N2O2. The highest BCUT2D eigenvalue weighted by atomic mass is 16.3. The van der Waals surface area contributed by atoms with Crippen molar-refractivity contribution >= 4 is 5.91 Å². The van der Waals surface area contributed by atoms with Crippen LogP contribution in [0.25, 0.3) is 0 Å². The molecule has 0 spiro atoms. The van der Waals surface area contributed by atoms with Gasteiger partial charge in [0, 0.05) is 12.1 Å². The Kier molecular flexibility index (Phi) is 6.80. The molecule has 0 aliphatic heterocycles. The van der Waals surface area contributed by atoms with Gasteiger partial charge in [0.1, 0.15) is 0 Å². The molecule has 4 heteroatoms. The summed E-state index contributed by atoms with van der Waals surface area (Å²) in [5, 5.41) is 13.2. The van der Waals surface area contributed by atoms with Gasteiger partial charge in [0.2, 0.25) is 5.91 Å². The monoisotopic (exact) mass is 270 g/mol. The van der Waals surface area contributed by atoms with Crippen LogP contribution in [-0.4, -0.2) is 47.2 Å². The van der Waals surface area contributed by atoms with Crippen LogP contribution < -0.4 is 5.32 Å². The number of likely N-dealkylation sites (N-methyl/N-ethyl adjacent to an activating group) is 1. The molecule has 3 atom stereocenters. The van der Waals surface area contributed by atoms with Crippen LogP contribution in [-0.2, 0) is 4.79 Å². The van der Waals surface area contributed by atoms with E-state index < -0.39 is 0 Å². The van der Waals surface area contributed by atoms with Gasteiger partial charge in [-0.2, -0.15) is 0 Å². The van der Waals surface area contributed by atoms with Gasteiger partial charge in [0.25, 0.3) is 0 Å². The first kappa shape index (κ1) is 16.4. The van der Waals surface area contributed by atoms with Crippen LogP contribution in [0.4, 0.5) is 0 Å². The molecule has 2 N–H and O–H groups in total. The molecule has 1 aliphatic carbocycles. The lowest BCUT2D eigenvalue weighted by Crippen LogP contribution is -2.53. The average molecular weight is 270 g/mol. The molecular weight excluding hydrogens is 240 g/mol. The number of nitrogens with zero attached hydrogens (tertiary/aromatic N) is 1. The van der Waals surface area contributed by atoms with Crippen molar-refractivity contribution in [2.24, 2.45) is 0 Å². The molecule has 0 heterocycles. The van der Waals surface area contributed by atoms with E-state index in [0.717, 1.165) is 38.5 Å². The summed E-state index contributed by atoms with van der Waals surface area (Å²) in [5.74, 6) is 0.0778. The van der Waals surface area contributed by atoms with Crippen molar-refractivity contribution in [3.05, 3.63) is 0 Å². The first-order valence-corrected chi connectivity index (χ1v) is 7.71. The number of aliphatic hydroxyl groups is 1. The second-order valence-electron chi connectivity index (χ2n) is 5.78. The number of hydrogen-bond donors (Lipinski definition) is 2. The summed E-state index contributed by atoms with van der Waals surface area (Å²) in [7, 11) is 1.95. The van der Waals surface area contributed by atoms with Gasteiger partial charge >= 0.3 is 0 Å². The third-order valence-corrected chi connectivity index (χ3v) is 4.54. The molecule has 3 unspecified atom stereocenters. The van der Waals surface area contributed by atoms with Crippen LogP contribution in [0.2, 0.25) is 0 Å². The summed E-state index contributed by atoms with van der Waals surface area (Å²) in [5.41, 5.74) is 0. The lowest BCUT2D eigenvalue weighted by molar-refractivity contribution is -0.128. The van der Waals surface area contributed by atoms with Crippen LogP contribution in [0.15, 0.2) is 0 Å². The maximum absolute atomic E-state index is 12.2. The highest BCUT2D eigenvalue weighted by Crippen LogP contribution is 2.23. The Morgan fingerprint density at radius 3 is 2.42 bits per heavy atom. The van der Waals surface area contributed by atoms with Crippen molar-refractivity contribution in [2.75, 3.05) is 7.05 Å². The molecule has 0 saturated heterocycles. The maximum Gasteiger partial charge on any atom is 0.237 e. The molecule has 0 aromatic rings. The largest absolute Gasteiger partial charge is 0.391 e. The molecule has 19 heavy (non-hydrogen) atoms. The smallest absolute Gasteiger partial charge is 0.237 e. The number of hydrogen-bond acceptors (Lipinski definition) is 3. The molecule has 1 aliphatic rings. The lowest BCUT2D eigenvalue weighted by Gasteiger charge is -2.38. The molecule has 1 saturated carbocycles. The summed E-state index contributed by atoms with van der Waals surface area (Å²) >= 11 is 0. The van der Waals surface area contributed by atoms with E-state index >= 15 is 0 Å². The normalized spacial score (nSPS) is 25.6. The number of nitrogens with one attached hydrogen (secondary N) is 1. The van der Waals surface area contributed by atoms with Gasteiger partial charge in [0.05, 0.1) is 12.1 Å². The van der Waals surface area contributed by atoms with Crippen LogP contribution in [0.3, 0.4) is 0 Å². The van der Waals surface area contributed by atoms with Gasteiger partial charge < -0.3 is 10.4 Å². The van der Waals surface area contributed by atoms with Crippen LogP contribution >= 0.6 is 0 Å². The fraction of sp³-hybridized carbons (Fsp3) is 0.933. The van der Waals surface area contributed by atoms with Gasteiger partial charge in [-0.15, -0.1) is 0 Å². The third-order valence-electron chi connectivity index (χ3n) is 4.54. The molecule has 1 amide bonds. The second kappa shape index (κ2) is 7.85. The molecule has 0 radical (unpaired) electrons. The first-order valence-electron chi connectivity index (χ1n) is 7.71. The Balaban J connectivity index is 2.54. The van der Waals surface area contributed by atoms with Crippen LogP contribution in [0.5, 0.6) is 0 Å². The van der Waals surface area contributed by atoms with Crippen molar-refractivity contribution < 1.29 is 9.90 Å². The highest BCUT2D eigenvalue weighted by Gasteiger charge is 2.31. The van der Waals surface area contributed by atoms with Gasteiger partial charge in [0.15, 0.2) is 0 Å². The summed E-state index contributed by atoms with van der Waals surface area (Å²) in [6.07, 6.45) is 5.72. The maximum atomic E-state index is 12.2. The SMILES string of the molecule is CCC(CC)NC(=O)C(C)N(C)C1CCCCC1O. The van der Waals surface area contributed by atoms with Crippen LogP contribution in [0.1, 0.15) is 59.3 Å². The molecule has 1 fully saturated rings. The van der Waals surface area contributed by atoms with Gasteiger partial charge in [-0.1, -0.05) is 26.7 Å². The van der Waals surface area contributed by atoms with Crippen LogP contribution in [0, 0.1) is 0 Å². The Morgan fingerprint density at radius 2 is 1.89 bits per heavy atom. The molecule has 112 valence electrons. The van der Waals surface area contributed by atoms with Crippen molar-refractivity contribution in [3.63, 3.8) is 0 Å². The number of carbonyl (C=O) groups is 1. The average Bonchev–Trinajstić information content (AvgIpc) is 2.43. The molecule has 4 nitrogen and oxygen atoms in total. The number of amides is 1. The van der Waals surface area contributed by atoms with E-state index in [1.165, 1.54) is 0 Å². The molecule has 0 aromatic heterocycles. The zero-order chi connectivity index (χ0) is 14.4. The van der Waals surface area contributed by atoms with Crippen molar-refractivity contribution in [3.8, 4) is 0 Å². The minimum atomic E-state index is -0.290. The van der Waals surface area contributed by atoms with E-state index in [4.69, 9.17) is 0 Å².